The molecule has 0 bridgehead atoms. The Labute approximate surface area is 108 Å². The Balaban J connectivity index is 2.01. The van der Waals surface area contributed by atoms with Crippen molar-refractivity contribution in [1.29, 1.82) is 0 Å². The minimum Gasteiger partial charge on any atom is -0.392 e. The molecule has 0 radical (unpaired) electrons. The summed E-state index contributed by atoms with van der Waals surface area (Å²) < 4.78 is 1.84. The zero-order valence-electron chi connectivity index (χ0n) is 10.3. The van der Waals surface area contributed by atoms with E-state index < -0.39 is 0 Å². The molecule has 0 saturated heterocycles. The Kier molecular flexibility index (Phi) is 4.12. The van der Waals surface area contributed by atoms with Crippen LogP contribution in [0.15, 0.2) is 12.3 Å². The lowest BCUT2D eigenvalue weighted by atomic mass is 10.2. The summed E-state index contributed by atoms with van der Waals surface area (Å²) in [6.07, 6.45) is 7.13. The number of hydrogen-bond donors (Lipinski definition) is 1. The van der Waals surface area contributed by atoms with E-state index in [1.54, 1.807) is 0 Å². The molecule has 1 aromatic heterocycles. The van der Waals surface area contributed by atoms with E-state index in [1.807, 2.05) is 17.9 Å². The van der Waals surface area contributed by atoms with Crippen LogP contribution in [-0.4, -0.2) is 32.3 Å². The molecule has 0 spiro atoms. The fraction of sp³-hybridized carbons (Fsp3) is 0.667. The summed E-state index contributed by atoms with van der Waals surface area (Å²) in [6, 6.07) is 2.68. The molecule has 0 atom stereocenters. The van der Waals surface area contributed by atoms with Crippen molar-refractivity contribution in [1.82, 2.24) is 14.7 Å². The molecule has 1 aliphatic rings. The Morgan fingerprint density at radius 2 is 2.29 bits per heavy atom. The molecule has 1 saturated carbocycles. The molecule has 0 aromatic carbocycles. The third-order valence-electron chi connectivity index (χ3n) is 3.33. The van der Waals surface area contributed by atoms with Gasteiger partial charge in [-0.05, 0) is 18.9 Å². The fourth-order valence-corrected chi connectivity index (χ4v) is 2.71. The Morgan fingerprint density at radius 3 is 2.82 bits per heavy atom. The lowest BCUT2D eigenvalue weighted by molar-refractivity contribution is 0.216. The van der Waals surface area contributed by atoms with Gasteiger partial charge in [0.25, 0.3) is 0 Å². The minimum absolute atomic E-state index is 0.577. The first kappa shape index (κ1) is 12.5. The largest absolute Gasteiger partial charge is 0.392 e. The number of nitrogens with two attached hydrogens (primary N) is 1. The zero-order valence-corrected chi connectivity index (χ0v) is 11.1. The van der Waals surface area contributed by atoms with Crippen LogP contribution < -0.4 is 5.73 Å². The molecule has 0 unspecified atom stereocenters. The molecule has 0 amide bonds. The van der Waals surface area contributed by atoms with E-state index in [2.05, 4.69) is 16.1 Å². The maximum absolute atomic E-state index is 5.68. The van der Waals surface area contributed by atoms with Crippen molar-refractivity contribution in [2.45, 2.75) is 38.3 Å². The van der Waals surface area contributed by atoms with E-state index in [1.165, 1.54) is 25.7 Å². The first-order chi connectivity index (χ1) is 8.15. The van der Waals surface area contributed by atoms with Crippen LogP contribution in [0.2, 0.25) is 0 Å². The van der Waals surface area contributed by atoms with Gasteiger partial charge in [0.05, 0.1) is 10.7 Å². The van der Waals surface area contributed by atoms with Crippen LogP contribution in [0.25, 0.3) is 0 Å². The van der Waals surface area contributed by atoms with Gasteiger partial charge in [-0.15, -0.1) is 0 Å². The van der Waals surface area contributed by atoms with E-state index in [0.717, 1.165) is 12.2 Å². The quantitative estimate of drug-likeness (QED) is 0.806. The van der Waals surface area contributed by atoms with Gasteiger partial charge in [0.1, 0.15) is 0 Å². The summed E-state index contributed by atoms with van der Waals surface area (Å²) in [5.74, 6) is 0. The first-order valence-corrected chi connectivity index (χ1v) is 6.57. The van der Waals surface area contributed by atoms with Gasteiger partial charge in [-0.1, -0.05) is 25.1 Å². The molecule has 94 valence electrons. The fourth-order valence-electron chi connectivity index (χ4n) is 2.54. The van der Waals surface area contributed by atoms with Gasteiger partial charge < -0.3 is 5.73 Å². The monoisotopic (exact) mass is 252 g/mol. The highest BCUT2D eigenvalue weighted by atomic mass is 32.1. The lowest BCUT2D eigenvalue weighted by Gasteiger charge is -2.27. The highest BCUT2D eigenvalue weighted by Crippen LogP contribution is 2.24. The smallest absolute Gasteiger partial charge is 0.0870 e. The van der Waals surface area contributed by atoms with Gasteiger partial charge in [0, 0.05) is 32.4 Å². The Hall–Kier alpha value is -0.940. The molecule has 2 rings (SSSR count). The van der Waals surface area contributed by atoms with Crippen LogP contribution >= 0.6 is 12.2 Å². The maximum Gasteiger partial charge on any atom is 0.0870 e. The number of nitrogens with zero attached hydrogens (tertiary/aromatic N) is 3. The number of aromatic nitrogens is 2. The topological polar surface area (TPSA) is 47.1 Å². The molecule has 1 aromatic rings. The molecule has 1 aliphatic carbocycles. The molecular weight excluding hydrogens is 232 g/mol. The second-order valence-corrected chi connectivity index (χ2v) is 5.31. The highest BCUT2D eigenvalue weighted by Gasteiger charge is 2.23. The molecular formula is C12H20N4S. The standard InChI is InChI=1S/C12H20N4S/c1-15-7-6-10(14-15)8-16(9-12(13)17)11-4-2-3-5-11/h6-7,11H,2-5,8-9H2,1H3,(H2,13,17). The van der Waals surface area contributed by atoms with E-state index >= 15 is 0 Å². The van der Waals surface area contributed by atoms with Gasteiger partial charge in [-0.25, -0.2) is 0 Å². The van der Waals surface area contributed by atoms with Gasteiger partial charge in [0.2, 0.25) is 0 Å². The van der Waals surface area contributed by atoms with Gasteiger partial charge in [-0.2, -0.15) is 5.10 Å². The molecule has 1 heterocycles. The van der Waals surface area contributed by atoms with Crippen LogP contribution in [0, 0.1) is 0 Å². The van der Waals surface area contributed by atoms with Crippen LogP contribution in [0.5, 0.6) is 0 Å². The van der Waals surface area contributed by atoms with Crippen LogP contribution in [0.1, 0.15) is 31.4 Å². The maximum atomic E-state index is 5.68. The van der Waals surface area contributed by atoms with Crippen LogP contribution in [-0.2, 0) is 13.6 Å². The van der Waals surface area contributed by atoms with E-state index in [-0.39, 0.29) is 0 Å². The van der Waals surface area contributed by atoms with Gasteiger partial charge in [0.15, 0.2) is 0 Å². The summed E-state index contributed by atoms with van der Waals surface area (Å²) in [4.78, 5) is 2.95. The molecule has 2 N–H and O–H groups in total. The average Bonchev–Trinajstić information content (AvgIpc) is 2.87. The molecule has 17 heavy (non-hydrogen) atoms. The van der Waals surface area contributed by atoms with Crippen molar-refractivity contribution in [3.8, 4) is 0 Å². The van der Waals surface area contributed by atoms with E-state index in [4.69, 9.17) is 18.0 Å². The normalized spacial score (nSPS) is 16.8. The van der Waals surface area contributed by atoms with Crippen molar-refractivity contribution in [2.75, 3.05) is 6.54 Å². The molecule has 1 fully saturated rings. The van der Waals surface area contributed by atoms with E-state index in [0.29, 0.717) is 17.6 Å². The van der Waals surface area contributed by atoms with Crippen molar-refractivity contribution in [3.63, 3.8) is 0 Å². The van der Waals surface area contributed by atoms with Crippen LogP contribution in [0.3, 0.4) is 0 Å². The third-order valence-corrected chi connectivity index (χ3v) is 3.46. The SMILES string of the molecule is Cn1ccc(CN(CC(N)=S)C2CCCC2)n1. The predicted molar refractivity (Wildman–Crippen MR) is 72.7 cm³/mol. The Bertz CT molecular complexity index is 382. The summed E-state index contributed by atoms with van der Waals surface area (Å²) >= 11 is 5.04. The van der Waals surface area contributed by atoms with Gasteiger partial charge >= 0.3 is 0 Å². The predicted octanol–water partition coefficient (Wildman–Crippen LogP) is 1.45. The average molecular weight is 252 g/mol. The van der Waals surface area contributed by atoms with Crippen LogP contribution in [0.4, 0.5) is 0 Å². The summed E-state index contributed by atoms with van der Waals surface area (Å²) in [7, 11) is 1.94. The zero-order chi connectivity index (χ0) is 12.3. The number of thiocarbonyl (C=S) groups is 1. The number of rotatable bonds is 5. The second kappa shape index (κ2) is 5.60. The lowest BCUT2D eigenvalue weighted by Crippen LogP contribution is -2.39. The first-order valence-electron chi connectivity index (χ1n) is 6.16. The highest BCUT2D eigenvalue weighted by molar-refractivity contribution is 7.80. The molecule has 5 heteroatoms. The minimum atomic E-state index is 0.577. The number of hydrogen-bond acceptors (Lipinski definition) is 3. The Morgan fingerprint density at radius 1 is 1.59 bits per heavy atom. The summed E-state index contributed by atoms with van der Waals surface area (Å²) in [5.41, 5.74) is 6.78. The third kappa shape index (κ3) is 3.51. The van der Waals surface area contributed by atoms with Crippen molar-refractivity contribution in [3.05, 3.63) is 18.0 Å². The molecule has 4 nitrogen and oxygen atoms in total. The van der Waals surface area contributed by atoms with Crippen molar-refractivity contribution in [2.24, 2.45) is 12.8 Å². The summed E-state index contributed by atoms with van der Waals surface area (Å²) in [5, 5.41) is 4.42. The number of aryl methyl sites for hydroxylation is 1. The van der Waals surface area contributed by atoms with Crippen molar-refractivity contribution >= 4 is 17.2 Å². The van der Waals surface area contributed by atoms with Gasteiger partial charge in [-0.3, -0.25) is 9.58 Å². The van der Waals surface area contributed by atoms with Crippen molar-refractivity contribution < 1.29 is 0 Å². The van der Waals surface area contributed by atoms with E-state index in [9.17, 15) is 0 Å². The second-order valence-electron chi connectivity index (χ2n) is 4.79. The molecule has 0 aliphatic heterocycles. The summed E-state index contributed by atoms with van der Waals surface area (Å²) in [6.45, 7) is 1.55.